The average molecular weight is 394 g/mol. The molecule has 0 saturated carbocycles. The molecule has 2 aliphatic heterocycles. The lowest BCUT2D eigenvalue weighted by Gasteiger charge is -2.41. The maximum absolute atomic E-state index is 12.3. The van der Waals surface area contributed by atoms with Crippen LogP contribution in [0.3, 0.4) is 0 Å². The number of amides is 3. The van der Waals surface area contributed by atoms with Crippen LogP contribution in [0.4, 0.5) is 0 Å². The van der Waals surface area contributed by atoms with E-state index in [1.54, 1.807) is 24.3 Å². The number of methoxy groups -OCH3 is 1. The number of imide groups is 1. The zero-order valence-corrected chi connectivity index (χ0v) is 15.1. The van der Waals surface area contributed by atoms with E-state index in [0.29, 0.717) is 11.1 Å². The first-order chi connectivity index (χ1) is 13.4. The number of ether oxygens (including phenoxy) is 2. The second-order valence-electron chi connectivity index (χ2n) is 6.59. The number of hydrogen-bond donors (Lipinski definition) is 4. The monoisotopic (exact) mass is 394 g/mol. The van der Waals surface area contributed by atoms with Gasteiger partial charge in [-0.25, -0.2) is 0 Å². The van der Waals surface area contributed by atoms with Crippen LogP contribution in [0, 0.1) is 0 Å². The maximum Gasteiger partial charge on any atom is 0.261 e. The minimum absolute atomic E-state index is 0.138. The van der Waals surface area contributed by atoms with Crippen LogP contribution in [0.25, 0.3) is 0 Å². The van der Waals surface area contributed by atoms with Gasteiger partial charge in [-0.1, -0.05) is 12.1 Å². The Morgan fingerprint density at radius 1 is 1.18 bits per heavy atom. The molecule has 1 fully saturated rings. The molecule has 5 unspecified atom stereocenters. The standard InChI is InChI=1S/C18H22N2O8/c1-27-18-13(15(24)14(23)11(8-21)28-18)19-12(22)6-7-20-16(25)9-4-2-3-5-10(9)17(20)26/h2-5,11,13-15,18,21,23-24H,6-8H2,1H3,(H,19,22). The first kappa shape index (κ1) is 20.4. The van der Waals surface area contributed by atoms with Crippen molar-refractivity contribution in [1.29, 1.82) is 0 Å². The largest absolute Gasteiger partial charge is 0.394 e. The highest BCUT2D eigenvalue weighted by atomic mass is 16.7. The summed E-state index contributed by atoms with van der Waals surface area (Å²) in [4.78, 5) is 37.9. The average Bonchev–Trinajstić information content (AvgIpc) is 2.95. The van der Waals surface area contributed by atoms with Gasteiger partial charge in [0.1, 0.15) is 24.4 Å². The number of aliphatic hydroxyl groups excluding tert-OH is 3. The molecular weight excluding hydrogens is 372 g/mol. The number of nitrogens with one attached hydrogen (secondary N) is 1. The Bertz CT molecular complexity index is 733. The van der Waals surface area contributed by atoms with Crippen molar-refractivity contribution < 1.29 is 39.2 Å². The van der Waals surface area contributed by atoms with Gasteiger partial charge in [-0.15, -0.1) is 0 Å². The van der Waals surface area contributed by atoms with E-state index >= 15 is 0 Å². The van der Waals surface area contributed by atoms with Crippen LogP contribution in [-0.2, 0) is 14.3 Å². The van der Waals surface area contributed by atoms with E-state index in [2.05, 4.69) is 5.32 Å². The van der Waals surface area contributed by atoms with Crippen LogP contribution in [-0.4, -0.2) is 88.8 Å². The molecule has 0 radical (unpaired) electrons. The Balaban J connectivity index is 1.60. The number of fused-ring (bicyclic) bond motifs is 1. The lowest BCUT2D eigenvalue weighted by atomic mass is 9.97. The highest BCUT2D eigenvalue weighted by Gasteiger charge is 2.45. The molecule has 0 bridgehead atoms. The second-order valence-corrected chi connectivity index (χ2v) is 6.59. The van der Waals surface area contributed by atoms with Gasteiger partial charge in [-0.2, -0.15) is 0 Å². The molecule has 152 valence electrons. The van der Waals surface area contributed by atoms with Gasteiger partial charge in [-0.3, -0.25) is 19.3 Å². The number of nitrogens with zero attached hydrogens (tertiary/aromatic N) is 1. The van der Waals surface area contributed by atoms with Crippen molar-refractivity contribution in [3.63, 3.8) is 0 Å². The lowest BCUT2D eigenvalue weighted by molar-refractivity contribution is -0.262. The summed E-state index contributed by atoms with van der Waals surface area (Å²) in [7, 11) is 1.29. The van der Waals surface area contributed by atoms with Crippen LogP contribution >= 0.6 is 0 Å². The van der Waals surface area contributed by atoms with Gasteiger partial charge in [0.25, 0.3) is 11.8 Å². The van der Waals surface area contributed by atoms with E-state index < -0.39 is 55.0 Å². The normalized spacial score (nSPS) is 29.7. The summed E-state index contributed by atoms with van der Waals surface area (Å²) >= 11 is 0. The van der Waals surface area contributed by atoms with Crippen molar-refractivity contribution in [2.24, 2.45) is 0 Å². The maximum atomic E-state index is 12.3. The Labute approximate surface area is 160 Å². The van der Waals surface area contributed by atoms with E-state index in [1.807, 2.05) is 0 Å². The highest BCUT2D eigenvalue weighted by Crippen LogP contribution is 2.23. The number of aliphatic hydroxyl groups is 3. The smallest absolute Gasteiger partial charge is 0.261 e. The van der Waals surface area contributed by atoms with Crippen LogP contribution < -0.4 is 5.32 Å². The van der Waals surface area contributed by atoms with E-state index in [1.165, 1.54) is 7.11 Å². The topological polar surface area (TPSA) is 146 Å². The fourth-order valence-corrected chi connectivity index (χ4v) is 3.35. The van der Waals surface area contributed by atoms with Gasteiger partial charge in [-0.05, 0) is 12.1 Å². The Morgan fingerprint density at radius 3 is 2.32 bits per heavy atom. The van der Waals surface area contributed by atoms with Gasteiger partial charge >= 0.3 is 0 Å². The van der Waals surface area contributed by atoms with Crippen molar-refractivity contribution in [3.05, 3.63) is 35.4 Å². The summed E-state index contributed by atoms with van der Waals surface area (Å²) in [6.07, 6.45) is -5.19. The van der Waals surface area contributed by atoms with Crippen molar-refractivity contribution in [1.82, 2.24) is 10.2 Å². The van der Waals surface area contributed by atoms with Crippen LogP contribution in [0.15, 0.2) is 24.3 Å². The fourth-order valence-electron chi connectivity index (χ4n) is 3.35. The van der Waals surface area contributed by atoms with Gasteiger partial charge in [0, 0.05) is 20.1 Å². The number of rotatable bonds is 6. The van der Waals surface area contributed by atoms with Crippen molar-refractivity contribution in [2.45, 2.75) is 37.1 Å². The number of carbonyl (C=O) groups is 3. The van der Waals surface area contributed by atoms with Gasteiger partial charge < -0.3 is 30.1 Å². The molecule has 2 heterocycles. The van der Waals surface area contributed by atoms with Crippen LogP contribution in [0.2, 0.25) is 0 Å². The summed E-state index contributed by atoms with van der Waals surface area (Å²) in [5.41, 5.74) is 0.586. The molecular formula is C18H22N2O8. The molecule has 0 spiro atoms. The van der Waals surface area contributed by atoms with Gasteiger partial charge in [0.05, 0.1) is 17.7 Å². The minimum Gasteiger partial charge on any atom is -0.394 e. The highest BCUT2D eigenvalue weighted by molar-refractivity contribution is 6.21. The number of carbonyl (C=O) groups excluding carboxylic acids is 3. The van der Waals surface area contributed by atoms with E-state index in [-0.39, 0.29) is 13.0 Å². The summed E-state index contributed by atoms with van der Waals surface area (Å²) in [6, 6.07) is 5.32. The Kier molecular flexibility index (Phi) is 6.06. The van der Waals surface area contributed by atoms with Gasteiger partial charge in [0.15, 0.2) is 6.29 Å². The number of hydrogen-bond acceptors (Lipinski definition) is 8. The predicted octanol–water partition coefficient (Wildman–Crippen LogP) is -1.76. The Morgan fingerprint density at radius 2 is 1.79 bits per heavy atom. The van der Waals surface area contributed by atoms with Crippen molar-refractivity contribution in [3.8, 4) is 0 Å². The van der Waals surface area contributed by atoms with Crippen LogP contribution in [0.5, 0.6) is 0 Å². The molecule has 28 heavy (non-hydrogen) atoms. The molecule has 10 heteroatoms. The van der Waals surface area contributed by atoms with Gasteiger partial charge in [0.2, 0.25) is 5.91 Å². The summed E-state index contributed by atoms with van der Waals surface area (Å²) in [5.74, 6) is -1.50. The third kappa shape index (κ3) is 3.64. The molecule has 3 rings (SSSR count). The first-order valence-corrected chi connectivity index (χ1v) is 8.78. The predicted molar refractivity (Wildman–Crippen MR) is 93.1 cm³/mol. The fraction of sp³-hybridized carbons (Fsp3) is 0.500. The molecule has 0 aromatic heterocycles. The summed E-state index contributed by atoms with van der Waals surface area (Å²) in [6.45, 7) is -0.667. The third-order valence-electron chi connectivity index (χ3n) is 4.88. The SMILES string of the molecule is COC1OC(CO)C(O)C(O)C1NC(=O)CCN1C(=O)c2ccccc2C1=O. The molecule has 4 N–H and O–H groups in total. The number of benzene rings is 1. The molecule has 10 nitrogen and oxygen atoms in total. The van der Waals surface area contributed by atoms with E-state index in [0.717, 1.165) is 4.90 Å². The lowest BCUT2D eigenvalue weighted by Crippen LogP contribution is -2.64. The zero-order chi connectivity index (χ0) is 20.4. The minimum atomic E-state index is -1.43. The third-order valence-corrected chi connectivity index (χ3v) is 4.88. The molecule has 1 saturated heterocycles. The molecule has 5 atom stereocenters. The second kappa shape index (κ2) is 8.33. The zero-order valence-electron chi connectivity index (χ0n) is 15.1. The van der Waals surface area contributed by atoms with Crippen molar-refractivity contribution >= 4 is 17.7 Å². The molecule has 2 aliphatic rings. The van der Waals surface area contributed by atoms with Crippen LogP contribution in [0.1, 0.15) is 27.1 Å². The molecule has 0 aliphatic carbocycles. The van der Waals surface area contributed by atoms with E-state index in [4.69, 9.17) is 9.47 Å². The summed E-state index contributed by atoms with van der Waals surface area (Å²) < 4.78 is 10.4. The quantitative estimate of drug-likeness (QED) is 0.415. The Hall–Kier alpha value is -2.37. The van der Waals surface area contributed by atoms with Crippen molar-refractivity contribution in [2.75, 3.05) is 20.3 Å². The molecule has 1 aromatic rings. The molecule has 3 amide bonds. The summed E-state index contributed by atoms with van der Waals surface area (Å²) in [5, 5.41) is 31.9. The molecule has 1 aromatic carbocycles. The first-order valence-electron chi connectivity index (χ1n) is 8.78. The van der Waals surface area contributed by atoms with E-state index in [9.17, 15) is 29.7 Å².